The van der Waals surface area contributed by atoms with Gasteiger partial charge < -0.3 is 33.9 Å². The van der Waals surface area contributed by atoms with E-state index in [-0.39, 0.29) is 17.8 Å². The molecule has 0 amide bonds. The summed E-state index contributed by atoms with van der Waals surface area (Å²) in [6.45, 7) is 7.24. The summed E-state index contributed by atoms with van der Waals surface area (Å²) >= 11 is 0. The van der Waals surface area contributed by atoms with E-state index >= 15 is 0 Å². The van der Waals surface area contributed by atoms with Crippen LogP contribution in [0.1, 0.15) is 33.3 Å². The van der Waals surface area contributed by atoms with Crippen LogP contribution in [0, 0.1) is 22.2 Å². The van der Waals surface area contributed by atoms with Gasteiger partial charge in [-0.15, -0.1) is 0 Å². The summed E-state index contributed by atoms with van der Waals surface area (Å²) in [5.74, 6) is -2.99. The zero-order valence-corrected chi connectivity index (χ0v) is 20.8. The van der Waals surface area contributed by atoms with E-state index in [0.717, 1.165) is 5.56 Å². The highest BCUT2D eigenvalue weighted by Crippen LogP contribution is 2.83. The molecule has 0 bridgehead atoms. The lowest BCUT2D eigenvalue weighted by Crippen LogP contribution is -2.63. The van der Waals surface area contributed by atoms with Crippen molar-refractivity contribution in [3.8, 4) is 0 Å². The van der Waals surface area contributed by atoms with Gasteiger partial charge in [0.15, 0.2) is 12.2 Å². The molecule has 10 atom stereocenters. The summed E-state index contributed by atoms with van der Waals surface area (Å²) in [7, 11) is 0. The van der Waals surface area contributed by atoms with Crippen LogP contribution < -0.4 is 0 Å². The SMILES string of the molecule is CC1=C2C(OC1=O)C(O)C13C4OC(=O)C21OC1OC(=O)[C@H](OCc2ccccc2)C13C(C(C)(C)C)[C@H]4O. The summed E-state index contributed by atoms with van der Waals surface area (Å²) in [5, 5.41) is 23.8. The van der Waals surface area contributed by atoms with Crippen molar-refractivity contribution >= 4 is 17.9 Å². The fourth-order valence-electron chi connectivity index (χ4n) is 8.73. The van der Waals surface area contributed by atoms with Crippen molar-refractivity contribution in [3.05, 3.63) is 47.0 Å². The second kappa shape index (κ2) is 6.79. The van der Waals surface area contributed by atoms with Crippen LogP contribution >= 0.6 is 0 Å². The van der Waals surface area contributed by atoms with Crippen LogP contribution in [-0.2, 0) is 44.7 Å². The Bertz CT molecular complexity index is 1280. The molecule has 3 saturated heterocycles. The molecule has 10 nitrogen and oxygen atoms in total. The van der Waals surface area contributed by atoms with Crippen LogP contribution in [-0.4, -0.2) is 70.5 Å². The third-order valence-corrected chi connectivity index (χ3v) is 9.53. The Morgan fingerprint density at radius 2 is 1.73 bits per heavy atom. The quantitative estimate of drug-likeness (QED) is 0.441. The van der Waals surface area contributed by atoms with Crippen molar-refractivity contribution < 1.29 is 48.3 Å². The summed E-state index contributed by atoms with van der Waals surface area (Å²) in [4.78, 5) is 39.8. The van der Waals surface area contributed by atoms with Crippen LogP contribution in [0.2, 0.25) is 0 Å². The molecule has 1 aromatic carbocycles. The Hall–Kier alpha value is -2.79. The van der Waals surface area contributed by atoms with Crippen molar-refractivity contribution in [1.82, 2.24) is 0 Å². The molecule has 2 aliphatic carbocycles. The smallest absolute Gasteiger partial charge is 0.344 e. The minimum atomic E-state index is -1.97. The van der Waals surface area contributed by atoms with Gasteiger partial charge in [-0.2, -0.15) is 0 Å². The average Bonchev–Trinajstić information content (AvgIpc) is 3.55. The molecule has 4 aliphatic heterocycles. The Morgan fingerprint density at radius 3 is 2.41 bits per heavy atom. The number of fused-ring (bicyclic) bond motifs is 1. The van der Waals surface area contributed by atoms with Gasteiger partial charge in [-0.1, -0.05) is 51.1 Å². The average molecular weight is 513 g/mol. The van der Waals surface area contributed by atoms with Crippen molar-refractivity contribution in [2.24, 2.45) is 22.2 Å². The summed E-state index contributed by atoms with van der Waals surface area (Å²) in [6.07, 6.45) is -7.86. The topological polar surface area (TPSA) is 138 Å². The van der Waals surface area contributed by atoms with E-state index in [2.05, 4.69) is 0 Å². The van der Waals surface area contributed by atoms with E-state index in [0.29, 0.717) is 0 Å². The molecule has 2 N–H and O–H groups in total. The summed E-state index contributed by atoms with van der Waals surface area (Å²) in [5.41, 5.74) is -4.77. The highest BCUT2D eigenvalue weighted by Gasteiger charge is 3.01. The normalized spacial score (nSPS) is 47.0. The zero-order chi connectivity index (χ0) is 26.3. The Labute approximate surface area is 212 Å². The highest BCUT2D eigenvalue weighted by atomic mass is 16.8. The van der Waals surface area contributed by atoms with Gasteiger partial charge in [0, 0.05) is 17.1 Å². The van der Waals surface area contributed by atoms with Gasteiger partial charge in [0.1, 0.15) is 12.2 Å². The van der Waals surface area contributed by atoms with Gasteiger partial charge in [0.05, 0.1) is 23.5 Å². The molecule has 2 spiro atoms. The molecule has 37 heavy (non-hydrogen) atoms. The fraction of sp³-hybridized carbons (Fsp3) is 0.593. The predicted octanol–water partition coefficient (Wildman–Crippen LogP) is 0.775. The van der Waals surface area contributed by atoms with Crippen LogP contribution in [0.5, 0.6) is 0 Å². The van der Waals surface area contributed by atoms with Gasteiger partial charge in [0.25, 0.3) is 0 Å². The maximum Gasteiger partial charge on any atom is 0.344 e. The van der Waals surface area contributed by atoms with E-state index in [4.69, 9.17) is 23.7 Å². The van der Waals surface area contributed by atoms with Crippen molar-refractivity contribution in [2.75, 3.05) is 0 Å². The molecule has 0 radical (unpaired) electrons. The minimum absolute atomic E-state index is 0.0425. The summed E-state index contributed by atoms with van der Waals surface area (Å²) < 4.78 is 29.9. The lowest BCUT2D eigenvalue weighted by atomic mass is 9.51. The first-order valence-corrected chi connectivity index (χ1v) is 12.5. The van der Waals surface area contributed by atoms with Crippen LogP contribution in [0.25, 0.3) is 0 Å². The van der Waals surface area contributed by atoms with E-state index < -0.39 is 82.5 Å². The Kier molecular flexibility index (Phi) is 4.29. The van der Waals surface area contributed by atoms with Gasteiger partial charge in [-0.05, 0) is 17.9 Å². The molecule has 2 saturated carbocycles. The van der Waals surface area contributed by atoms with E-state index in [1.165, 1.54) is 6.92 Å². The van der Waals surface area contributed by atoms with E-state index in [9.17, 15) is 24.6 Å². The lowest BCUT2D eigenvalue weighted by molar-refractivity contribution is -0.195. The van der Waals surface area contributed by atoms with Gasteiger partial charge in [-0.25, -0.2) is 14.4 Å². The van der Waals surface area contributed by atoms with Crippen LogP contribution in [0.15, 0.2) is 41.5 Å². The number of hydrogen-bond acceptors (Lipinski definition) is 10. The Balaban J connectivity index is 1.50. The van der Waals surface area contributed by atoms with Crippen LogP contribution in [0.4, 0.5) is 0 Å². The fourth-order valence-corrected chi connectivity index (χ4v) is 8.73. The maximum atomic E-state index is 13.7. The van der Waals surface area contributed by atoms with Gasteiger partial charge in [-0.3, -0.25) is 0 Å². The second-order valence-electron chi connectivity index (χ2n) is 12.0. The first-order chi connectivity index (χ1) is 17.5. The largest absolute Gasteiger partial charge is 0.456 e. The Morgan fingerprint density at radius 1 is 1.03 bits per heavy atom. The number of carbonyl (C=O) groups is 3. The minimum Gasteiger partial charge on any atom is -0.456 e. The number of benzene rings is 1. The predicted molar refractivity (Wildman–Crippen MR) is 121 cm³/mol. The van der Waals surface area contributed by atoms with Crippen molar-refractivity contribution in [3.63, 3.8) is 0 Å². The molecule has 0 aromatic heterocycles. The van der Waals surface area contributed by atoms with Gasteiger partial charge >= 0.3 is 17.9 Å². The summed E-state index contributed by atoms with van der Waals surface area (Å²) in [6, 6.07) is 9.25. The van der Waals surface area contributed by atoms with E-state index in [1.54, 1.807) is 0 Å². The molecular formula is C27H28O10. The lowest BCUT2D eigenvalue weighted by Gasteiger charge is -2.48. The second-order valence-corrected chi connectivity index (χ2v) is 12.0. The first kappa shape index (κ1) is 23.3. The van der Waals surface area contributed by atoms with Crippen LogP contribution in [0.3, 0.4) is 0 Å². The van der Waals surface area contributed by atoms with E-state index in [1.807, 2.05) is 51.1 Å². The monoisotopic (exact) mass is 512 g/mol. The number of esters is 3. The third kappa shape index (κ3) is 2.20. The molecule has 4 heterocycles. The standard InChI is InChI=1S/C27H28O10/c1-11-13-15(34-20(11)30)17(29)26-18-14(28)16(24(2,3)4)25(26)19(33-10-12-8-6-5-7-9-12)21(31)36-23(25)37-27(13,26)22(32)35-18/h5-9,14-19,23,28-29H,10H2,1-4H3/t14-,15?,16?,17?,18?,19+,23?,25?,26?,27?/m1/s1. The zero-order valence-electron chi connectivity index (χ0n) is 20.8. The van der Waals surface area contributed by atoms with Crippen molar-refractivity contribution in [2.45, 2.75) is 76.7 Å². The number of ether oxygens (including phenoxy) is 5. The van der Waals surface area contributed by atoms with Gasteiger partial charge in [0.2, 0.25) is 11.9 Å². The maximum absolute atomic E-state index is 13.7. The first-order valence-electron chi connectivity index (χ1n) is 12.5. The number of carbonyl (C=O) groups excluding carboxylic acids is 3. The number of hydrogen-bond donors (Lipinski definition) is 2. The molecule has 5 fully saturated rings. The molecule has 196 valence electrons. The highest BCUT2D eigenvalue weighted by molar-refractivity contribution is 6.00. The molecule has 10 heteroatoms. The number of aliphatic hydroxyl groups is 2. The number of rotatable bonds is 3. The third-order valence-electron chi connectivity index (χ3n) is 9.53. The molecule has 6 aliphatic rings. The molecule has 1 aromatic rings. The molecule has 7 rings (SSSR count). The number of aliphatic hydroxyl groups excluding tert-OH is 2. The molecular weight excluding hydrogens is 484 g/mol. The molecule has 8 unspecified atom stereocenters. The van der Waals surface area contributed by atoms with Crippen molar-refractivity contribution in [1.29, 1.82) is 0 Å².